The van der Waals surface area contributed by atoms with E-state index in [0.717, 1.165) is 18.5 Å². The van der Waals surface area contributed by atoms with Gasteiger partial charge in [-0.15, -0.1) is 0 Å². The molecule has 0 aliphatic carbocycles. The number of nitrogens with zero attached hydrogens (tertiary/aromatic N) is 1. The van der Waals surface area contributed by atoms with E-state index in [-0.39, 0.29) is 11.4 Å². The van der Waals surface area contributed by atoms with Crippen LogP contribution in [0.15, 0.2) is 64.5 Å². The number of ether oxygens (including phenoxy) is 1. The van der Waals surface area contributed by atoms with Gasteiger partial charge in [0.1, 0.15) is 0 Å². The van der Waals surface area contributed by atoms with E-state index in [1.165, 1.54) is 12.7 Å². The van der Waals surface area contributed by atoms with Crippen LogP contribution in [0.1, 0.15) is 11.1 Å². The maximum atomic E-state index is 12.2. The number of methoxy groups -OCH3 is 1. The van der Waals surface area contributed by atoms with Gasteiger partial charge in [-0.1, -0.05) is 42.5 Å². The van der Waals surface area contributed by atoms with Crippen molar-refractivity contribution >= 4 is 16.0 Å². The van der Waals surface area contributed by atoms with E-state index in [4.69, 9.17) is 4.74 Å². The molecule has 0 aromatic heterocycles. The van der Waals surface area contributed by atoms with E-state index in [9.17, 15) is 8.42 Å². The standard InChI is InChI=1S/C20H28N4O3S/c1-21-20(22-13-12-17-6-4-3-5-7-17)23-16-18-8-10-19(11-9-18)28(25,26)24-14-15-27-2/h3-11,24H,12-16H2,1-2H3,(H2,21,22,23). The molecule has 152 valence electrons. The SMILES string of the molecule is CN=C(NCCc1ccccc1)NCc1ccc(S(=O)(=O)NCCOC)cc1. The number of aliphatic imine (C=N–C) groups is 1. The minimum absolute atomic E-state index is 0.234. The molecule has 0 aliphatic heterocycles. The highest BCUT2D eigenvalue weighted by Gasteiger charge is 2.12. The molecular weight excluding hydrogens is 376 g/mol. The summed E-state index contributed by atoms with van der Waals surface area (Å²) in [4.78, 5) is 4.44. The van der Waals surface area contributed by atoms with Crippen LogP contribution in [0.5, 0.6) is 0 Å². The minimum atomic E-state index is -3.51. The second kappa shape index (κ2) is 11.4. The molecule has 0 unspecified atom stereocenters. The summed E-state index contributed by atoms with van der Waals surface area (Å²) in [5, 5.41) is 6.50. The van der Waals surface area contributed by atoms with Crippen LogP contribution in [0, 0.1) is 0 Å². The zero-order valence-corrected chi connectivity index (χ0v) is 17.1. The van der Waals surface area contributed by atoms with E-state index in [1.807, 2.05) is 18.2 Å². The smallest absolute Gasteiger partial charge is 0.240 e. The molecule has 0 fully saturated rings. The van der Waals surface area contributed by atoms with Gasteiger partial charge in [0.25, 0.3) is 0 Å². The Balaban J connectivity index is 1.81. The summed E-state index contributed by atoms with van der Waals surface area (Å²) in [7, 11) is -0.260. The molecule has 2 rings (SSSR count). The van der Waals surface area contributed by atoms with Gasteiger partial charge in [0.05, 0.1) is 11.5 Å². The first kappa shape index (κ1) is 21.9. The van der Waals surface area contributed by atoms with E-state index < -0.39 is 10.0 Å². The van der Waals surface area contributed by atoms with Gasteiger partial charge in [-0.2, -0.15) is 0 Å². The lowest BCUT2D eigenvalue weighted by Gasteiger charge is -2.12. The highest BCUT2D eigenvalue weighted by molar-refractivity contribution is 7.89. The third-order valence-corrected chi connectivity index (χ3v) is 5.54. The quantitative estimate of drug-likeness (QED) is 0.317. The first-order valence-electron chi connectivity index (χ1n) is 9.11. The Morgan fingerprint density at radius 3 is 2.32 bits per heavy atom. The van der Waals surface area contributed by atoms with Crippen LogP contribution in [-0.2, 0) is 27.7 Å². The van der Waals surface area contributed by atoms with Crippen LogP contribution in [0.4, 0.5) is 0 Å². The van der Waals surface area contributed by atoms with E-state index >= 15 is 0 Å². The van der Waals surface area contributed by atoms with Gasteiger partial charge in [0.2, 0.25) is 10.0 Å². The Kier molecular flexibility index (Phi) is 8.93. The Bertz CT molecular complexity index is 838. The molecule has 28 heavy (non-hydrogen) atoms. The second-order valence-electron chi connectivity index (χ2n) is 6.12. The predicted octanol–water partition coefficient (Wildman–Crippen LogP) is 1.52. The topological polar surface area (TPSA) is 91.8 Å². The second-order valence-corrected chi connectivity index (χ2v) is 7.89. The molecule has 8 heteroatoms. The first-order valence-corrected chi connectivity index (χ1v) is 10.6. The van der Waals surface area contributed by atoms with Gasteiger partial charge in [-0.05, 0) is 29.7 Å². The highest BCUT2D eigenvalue weighted by Crippen LogP contribution is 2.10. The molecule has 7 nitrogen and oxygen atoms in total. The Labute approximate surface area is 167 Å². The molecule has 0 spiro atoms. The number of benzene rings is 2. The summed E-state index contributed by atoms with van der Waals surface area (Å²) < 4.78 is 31.7. The van der Waals surface area contributed by atoms with Crippen molar-refractivity contribution in [1.82, 2.24) is 15.4 Å². The Hall–Kier alpha value is -2.42. The molecule has 0 saturated carbocycles. The maximum Gasteiger partial charge on any atom is 0.240 e. The Morgan fingerprint density at radius 2 is 1.68 bits per heavy atom. The molecule has 3 N–H and O–H groups in total. The molecule has 0 heterocycles. The lowest BCUT2D eigenvalue weighted by molar-refractivity contribution is 0.204. The zero-order valence-electron chi connectivity index (χ0n) is 16.3. The number of sulfonamides is 1. The van der Waals surface area contributed by atoms with Gasteiger partial charge < -0.3 is 15.4 Å². The molecule has 0 bridgehead atoms. The molecule has 0 saturated heterocycles. The third-order valence-electron chi connectivity index (χ3n) is 4.06. The first-order chi connectivity index (χ1) is 13.5. The summed E-state index contributed by atoms with van der Waals surface area (Å²) in [6.45, 7) is 1.89. The van der Waals surface area contributed by atoms with E-state index in [0.29, 0.717) is 19.1 Å². The van der Waals surface area contributed by atoms with Crippen LogP contribution in [0.2, 0.25) is 0 Å². The maximum absolute atomic E-state index is 12.2. The largest absolute Gasteiger partial charge is 0.383 e. The molecular formula is C20H28N4O3S. The van der Waals surface area contributed by atoms with Crippen molar-refractivity contribution < 1.29 is 13.2 Å². The fourth-order valence-electron chi connectivity index (χ4n) is 2.52. The Morgan fingerprint density at radius 1 is 0.964 bits per heavy atom. The summed E-state index contributed by atoms with van der Waals surface area (Å²) in [6.07, 6.45) is 0.907. The number of hydrogen-bond donors (Lipinski definition) is 3. The molecule has 0 amide bonds. The van der Waals surface area contributed by atoms with E-state index in [1.54, 1.807) is 31.3 Å². The molecule has 2 aromatic carbocycles. The normalized spacial score (nSPS) is 12.0. The molecule has 2 aromatic rings. The van der Waals surface area contributed by atoms with Crippen LogP contribution < -0.4 is 15.4 Å². The zero-order chi connectivity index (χ0) is 20.2. The fourth-order valence-corrected chi connectivity index (χ4v) is 3.54. The number of guanidine groups is 1. The van der Waals surface area contributed by atoms with E-state index in [2.05, 4.69) is 32.5 Å². The lowest BCUT2D eigenvalue weighted by atomic mass is 10.1. The van der Waals surface area contributed by atoms with Crippen molar-refractivity contribution in [2.75, 3.05) is 33.9 Å². The van der Waals surface area contributed by atoms with Crippen molar-refractivity contribution in [2.45, 2.75) is 17.9 Å². The van der Waals surface area contributed by atoms with Crippen LogP contribution in [0.25, 0.3) is 0 Å². The third kappa shape index (κ3) is 7.30. The highest BCUT2D eigenvalue weighted by atomic mass is 32.2. The monoisotopic (exact) mass is 404 g/mol. The molecule has 0 aliphatic rings. The predicted molar refractivity (Wildman–Crippen MR) is 112 cm³/mol. The van der Waals surface area contributed by atoms with Gasteiger partial charge in [0.15, 0.2) is 5.96 Å². The number of hydrogen-bond acceptors (Lipinski definition) is 4. The van der Waals surface area contributed by atoms with Crippen molar-refractivity contribution in [2.24, 2.45) is 4.99 Å². The average Bonchev–Trinajstić information content (AvgIpc) is 2.72. The fraction of sp³-hybridized carbons (Fsp3) is 0.350. The summed E-state index contributed by atoms with van der Waals surface area (Å²) in [6, 6.07) is 17.0. The lowest BCUT2D eigenvalue weighted by Crippen LogP contribution is -2.37. The summed E-state index contributed by atoms with van der Waals surface area (Å²) in [5.74, 6) is 0.703. The number of rotatable bonds is 10. The average molecular weight is 405 g/mol. The van der Waals surface area contributed by atoms with Crippen LogP contribution >= 0.6 is 0 Å². The van der Waals surface area contributed by atoms with Crippen molar-refractivity contribution in [3.63, 3.8) is 0 Å². The van der Waals surface area contributed by atoms with Gasteiger partial charge in [-0.25, -0.2) is 13.1 Å². The van der Waals surface area contributed by atoms with Gasteiger partial charge >= 0.3 is 0 Å². The van der Waals surface area contributed by atoms with Crippen LogP contribution in [-0.4, -0.2) is 48.2 Å². The number of nitrogens with one attached hydrogen (secondary N) is 3. The molecule has 0 radical (unpaired) electrons. The summed E-state index contributed by atoms with van der Waals surface area (Å²) in [5.41, 5.74) is 2.23. The van der Waals surface area contributed by atoms with Gasteiger partial charge in [-0.3, -0.25) is 4.99 Å². The van der Waals surface area contributed by atoms with Gasteiger partial charge in [0, 0.05) is 33.8 Å². The van der Waals surface area contributed by atoms with Crippen LogP contribution in [0.3, 0.4) is 0 Å². The van der Waals surface area contributed by atoms with Crippen molar-refractivity contribution in [1.29, 1.82) is 0 Å². The van der Waals surface area contributed by atoms with Crippen molar-refractivity contribution in [3.8, 4) is 0 Å². The summed E-state index contributed by atoms with van der Waals surface area (Å²) >= 11 is 0. The minimum Gasteiger partial charge on any atom is -0.383 e. The molecule has 0 atom stereocenters. The van der Waals surface area contributed by atoms with Crippen molar-refractivity contribution in [3.05, 3.63) is 65.7 Å².